The Kier molecular flexibility index (Phi) is 8.93. The molecule has 0 radical (unpaired) electrons. The van der Waals surface area contributed by atoms with Crippen LogP contribution in [0.15, 0.2) is 36.4 Å². The smallest absolute Gasteiger partial charge is 0.160 e. The summed E-state index contributed by atoms with van der Waals surface area (Å²) >= 11 is 0. The van der Waals surface area contributed by atoms with Gasteiger partial charge in [-0.3, -0.25) is 4.39 Å². The van der Waals surface area contributed by atoms with Gasteiger partial charge in [-0.05, 0) is 48.7 Å². The molecule has 0 unspecified atom stereocenters. The van der Waals surface area contributed by atoms with Crippen molar-refractivity contribution in [2.45, 2.75) is 39.4 Å². The molecule has 2 aromatic rings. The largest absolute Gasteiger partial charge is 0.352 e. The monoisotopic (exact) mass is 398 g/mol. The van der Waals surface area contributed by atoms with Gasteiger partial charge < -0.3 is 9.47 Å². The maximum Gasteiger partial charge on any atom is 0.160 e. The van der Waals surface area contributed by atoms with Crippen LogP contribution in [-0.2, 0) is 9.47 Å². The van der Waals surface area contributed by atoms with Crippen LogP contribution in [0, 0.1) is 30.3 Å². The van der Waals surface area contributed by atoms with Crippen molar-refractivity contribution in [1.82, 2.24) is 0 Å². The summed E-state index contributed by atoms with van der Waals surface area (Å²) in [6.07, 6.45) is 2.38. The van der Waals surface area contributed by atoms with Crippen molar-refractivity contribution in [3.05, 3.63) is 59.4 Å². The Hall–Kier alpha value is -1.92. The molecule has 0 bridgehead atoms. The average Bonchev–Trinajstić information content (AvgIpc) is 2.69. The Balaban J connectivity index is 0.000000209. The lowest BCUT2D eigenvalue weighted by molar-refractivity contribution is -0.204. The molecule has 0 saturated carbocycles. The fourth-order valence-corrected chi connectivity index (χ4v) is 2.87. The first-order valence-corrected chi connectivity index (χ1v) is 9.45. The quantitative estimate of drug-likeness (QED) is 0.557. The van der Waals surface area contributed by atoms with Gasteiger partial charge in [0.1, 0.15) is 17.5 Å². The number of halogens is 4. The molecule has 0 N–H and O–H groups in total. The van der Waals surface area contributed by atoms with E-state index < -0.39 is 11.6 Å². The Labute approximate surface area is 163 Å². The maximum absolute atomic E-state index is 13.3. The fraction of sp³-hybridized carbons (Fsp3) is 0.455. The predicted octanol–water partition coefficient (Wildman–Crippen LogP) is 6.21. The first-order chi connectivity index (χ1) is 13.4. The Morgan fingerprint density at radius 2 is 1.46 bits per heavy atom. The number of ether oxygens (including phenoxy) is 2. The summed E-state index contributed by atoms with van der Waals surface area (Å²) in [5.41, 5.74) is 0.977. The highest BCUT2D eigenvalue weighted by Crippen LogP contribution is 2.24. The summed E-state index contributed by atoms with van der Waals surface area (Å²) in [5.74, 6) is -1.05. The summed E-state index contributed by atoms with van der Waals surface area (Å²) in [4.78, 5) is 0. The van der Waals surface area contributed by atoms with Gasteiger partial charge in [-0.25, -0.2) is 13.2 Å². The van der Waals surface area contributed by atoms with Gasteiger partial charge >= 0.3 is 0 Å². The molecule has 0 aromatic heterocycles. The van der Waals surface area contributed by atoms with E-state index in [1.54, 1.807) is 0 Å². The molecular weight excluding hydrogens is 372 g/mol. The van der Waals surface area contributed by atoms with Crippen molar-refractivity contribution in [2.75, 3.05) is 19.9 Å². The molecular formula is C22H26F4O2. The third-order valence-corrected chi connectivity index (χ3v) is 4.54. The topological polar surface area (TPSA) is 18.5 Å². The van der Waals surface area contributed by atoms with E-state index in [1.807, 2.05) is 0 Å². The predicted molar refractivity (Wildman–Crippen MR) is 101 cm³/mol. The van der Waals surface area contributed by atoms with Gasteiger partial charge in [-0.15, -0.1) is 0 Å². The van der Waals surface area contributed by atoms with Crippen LogP contribution in [0.4, 0.5) is 17.6 Å². The van der Waals surface area contributed by atoms with Gasteiger partial charge in [0.15, 0.2) is 6.29 Å². The van der Waals surface area contributed by atoms with E-state index in [9.17, 15) is 17.6 Å². The highest BCUT2D eigenvalue weighted by Gasteiger charge is 2.20. The molecule has 0 atom stereocenters. The Bertz CT molecular complexity index is 689. The molecule has 28 heavy (non-hydrogen) atoms. The highest BCUT2D eigenvalue weighted by molar-refractivity contribution is 5.63. The van der Waals surface area contributed by atoms with Gasteiger partial charge in [-0.2, -0.15) is 0 Å². The highest BCUT2D eigenvalue weighted by atomic mass is 19.1. The van der Waals surface area contributed by atoms with Gasteiger partial charge in [0.2, 0.25) is 0 Å². The SMILES string of the molecule is CCCC1COC(CCF)OC1.Cc1c(F)cc(-c2ccc(F)cc2)cc1F. The van der Waals surface area contributed by atoms with Crippen molar-refractivity contribution >= 4 is 0 Å². The standard InChI is InChI=1S/C13H9F3.C9H17FO2/c1-8-12(15)6-10(7-13(8)16)9-2-4-11(14)5-3-9;1-2-3-8-6-11-9(4-5-10)12-7-8/h2-7H,1H3;8-9H,2-7H2,1H3. The van der Waals surface area contributed by atoms with Crippen LogP contribution in [0.5, 0.6) is 0 Å². The molecule has 1 saturated heterocycles. The van der Waals surface area contributed by atoms with Crippen LogP contribution in [0.3, 0.4) is 0 Å². The molecule has 6 heteroatoms. The number of hydrogen-bond acceptors (Lipinski definition) is 2. The van der Waals surface area contributed by atoms with Crippen molar-refractivity contribution in [2.24, 2.45) is 5.92 Å². The molecule has 1 fully saturated rings. The van der Waals surface area contributed by atoms with Gasteiger partial charge in [-0.1, -0.05) is 25.5 Å². The summed E-state index contributed by atoms with van der Waals surface area (Å²) in [7, 11) is 0. The molecule has 2 aromatic carbocycles. The first kappa shape index (κ1) is 22.4. The van der Waals surface area contributed by atoms with Crippen molar-refractivity contribution in [3.8, 4) is 11.1 Å². The Morgan fingerprint density at radius 1 is 0.893 bits per heavy atom. The van der Waals surface area contributed by atoms with E-state index in [0.29, 0.717) is 23.5 Å². The molecule has 0 amide bonds. The second kappa shape index (κ2) is 11.2. The van der Waals surface area contributed by atoms with E-state index >= 15 is 0 Å². The summed E-state index contributed by atoms with van der Waals surface area (Å²) in [6, 6.07) is 7.96. The van der Waals surface area contributed by atoms with Gasteiger partial charge in [0, 0.05) is 17.9 Å². The first-order valence-electron chi connectivity index (χ1n) is 9.45. The second-order valence-electron chi connectivity index (χ2n) is 6.80. The molecule has 1 aliphatic heterocycles. The average molecular weight is 398 g/mol. The van der Waals surface area contributed by atoms with E-state index in [-0.39, 0.29) is 24.3 Å². The maximum atomic E-state index is 13.3. The van der Waals surface area contributed by atoms with E-state index in [0.717, 1.165) is 26.1 Å². The van der Waals surface area contributed by atoms with E-state index in [2.05, 4.69) is 6.92 Å². The van der Waals surface area contributed by atoms with E-state index in [1.165, 1.54) is 43.3 Å². The summed E-state index contributed by atoms with van der Waals surface area (Å²) in [6.45, 7) is 4.63. The van der Waals surface area contributed by atoms with Crippen LogP contribution in [0.1, 0.15) is 31.7 Å². The lowest BCUT2D eigenvalue weighted by Crippen LogP contribution is -2.32. The number of benzene rings is 2. The zero-order chi connectivity index (χ0) is 20.5. The van der Waals surface area contributed by atoms with Crippen molar-refractivity contribution in [1.29, 1.82) is 0 Å². The van der Waals surface area contributed by atoms with Crippen LogP contribution in [0.2, 0.25) is 0 Å². The van der Waals surface area contributed by atoms with Crippen LogP contribution in [-0.4, -0.2) is 26.2 Å². The zero-order valence-corrected chi connectivity index (χ0v) is 16.2. The van der Waals surface area contributed by atoms with Gasteiger partial charge in [0.05, 0.1) is 19.9 Å². The molecule has 1 aliphatic rings. The van der Waals surface area contributed by atoms with Crippen LogP contribution < -0.4 is 0 Å². The minimum absolute atomic E-state index is 0.00846. The van der Waals surface area contributed by atoms with Crippen LogP contribution in [0.25, 0.3) is 11.1 Å². The van der Waals surface area contributed by atoms with Crippen molar-refractivity contribution in [3.63, 3.8) is 0 Å². The Morgan fingerprint density at radius 3 is 1.96 bits per heavy atom. The third-order valence-electron chi connectivity index (χ3n) is 4.54. The number of hydrogen-bond donors (Lipinski definition) is 0. The zero-order valence-electron chi connectivity index (χ0n) is 16.2. The second-order valence-corrected chi connectivity index (χ2v) is 6.80. The van der Waals surface area contributed by atoms with E-state index in [4.69, 9.17) is 9.47 Å². The molecule has 2 nitrogen and oxygen atoms in total. The summed E-state index contributed by atoms with van der Waals surface area (Å²) < 4.78 is 61.8. The fourth-order valence-electron chi connectivity index (χ4n) is 2.87. The molecule has 3 rings (SSSR count). The molecule has 0 aliphatic carbocycles. The van der Waals surface area contributed by atoms with Crippen molar-refractivity contribution < 1.29 is 27.0 Å². The normalized spacial score (nSPS) is 19.1. The molecule has 154 valence electrons. The molecule has 0 spiro atoms. The molecule has 1 heterocycles. The van der Waals surface area contributed by atoms with Gasteiger partial charge in [0.25, 0.3) is 0 Å². The lowest BCUT2D eigenvalue weighted by atomic mass is 10.0. The lowest BCUT2D eigenvalue weighted by Gasteiger charge is -2.28. The minimum atomic E-state index is -0.598. The minimum Gasteiger partial charge on any atom is -0.352 e. The van der Waals surface area contributed by atoms with Crippen LogP contribution >= 0.6 is 0 Å². The number of alkyl halides is 1. The number of rotatable bonds is 5. The summed E-state index contributed by atoms with van der Waals surface area (Å²) in [5, 5.41) is 0. The third kappa shape index (κ3) is 6.60.